The normalized spacial score (nSPS) is 19.4. The number of hydrogen-bond acceptors (Lipinski definition) is 6. The van der Waals surface area contributed by atoms with Crippen molar-refractivity contribution in [1.29, 1.82) is 0 Å². The Hall–Kier alpha value is -2.60. The molecule has 1 aromatic heterocycles. The van der Waals surface area contributed by atoms with Crippen LogP contribution in [-0.2, 0) is 14.3 Å². The molecule has 0 saturated carbocycles. The predicted octanol–water partition coefficient (Wildman–Crippen LogP) is 4.08. The minimum absolute atomic E-state index is 0.228. The molecule has 6 heteroatoms. The second-order valence-electron chi connectivity index (χ2n) is 6.20. The predicted molar refractivity (Wildman–Crippen MR) is 104 cm³/mol. The Balaban J connectivity index is 2.10. The maximum atomic E-state index is 12.9. The molecular formula is C21H22O5S. The lowest BCUT2D eigenvalue weighted by atomic mass is 9.74. The molecule has 0 aliphatic heterocycles. The van der Waals surface area contributed by atoms with E-state index in [-0.39, 0.29) is 18.3 Å². The quantitative estimate of drug-likeness (QED) is 0.553. The van der Waals surface area contributed by atoms with Crippen molar-refractivity contribution in [2.75, 3.05) is 20.8 Å². The first-order valence-electron chi connectivity index (χ1n) is 8.75. The summed E-state index contributed by atoms with van der Waals surface area (Å²) in [5.41, 5.74) is 1.69. The average Bonchev–Trinajstić information content (AvgIpc) is 3.21. The fourth-order valence-electron chi connectivity index (χ4n) is 3.44. The fraction of sp³-hybridized carbons (Fsp3) is 0.333. The van der Waals surface area contributed by atoms with Crippen LogP contribution in [0.25, 0.3) is 5.57 Å². The van der Waals surface area contributed by atoms with E-state index in [4.69, 9.17) is 14.2 Å². The highest BCUT2D eigenvalue weighted by molar-refractivity contribution is 7.11. The number of rotatable bonds is 6. The molecule has 0 amide bonds. The van der Waals surface area contributed by atoms with Gasteiger partial charge in [0.1, 0.15) is 17.4 Å². The van der Waals surface area contributed by atoms with E-state index in [9.17, 15) is 9.59 Å². The molecule has 1 aliphatic rings. The number of allylic oxidation sites excluding steroid dienone is 2. The van der Waals surface area contributed by atoms with Gasteiger partial charge in [-0.3, -0.25) is 9.59 Å². The lowest BCUT2D eigenvalue weighted by Gasteiger charge is -2.30. The van der Waals surface area contributed by atoms with Gasteiger partial charge in [-0.05, 0) is 54.6 Å². The highest BCUT2D eigenvalue weighted by atomic mass is 32.1. The van der Waals surface area contributed by atoms with Crippen LogP contribution in [0.1, 0.15) is 29.7 Å². The lowest BCUT2D eigenvalue weighted by molar-refractivity contribution is -0.151. The van der Waals surface area contributed by atoms with E-state index in [0.717, 1.165) is 16.0 Å². The molecule has 2 atom stereocenters. The van der Waals surface area contributed by atoms with Crippen LogP contribution in [-0.4, -0.2) is 32.6 Å². The van der Waals surface area contributed by atoms with Crippen molar-refractivity contribution in [3.63, 3.8) is 0 Å². The largest absolute Gasteiger partial charge is 0.497 e. The van der Waals surface area contributed by atoms with Gasteiger partial charge in [0.2, 0.25) is 0 Å². The van der Waals surface area contributed by atoms with Crippen molar-refractivity contribution >= 4 is 28.7 Å². The molecule has 2 aromatic rings. The summed E-state index contributed by atoms with van der Waals surface area (Å²) in [4.78, 5) is 26.5. The van der Waals surface area contributed by atoms with Gasteiger partial charge in [-0.25, -0.2) is 0 Å². The first-order valence-corrected chi connectivity index (χ1v) is 9.63. The van der Waals surface area contributed by atoms with Gasteiger partial charge >= 0.3 is 5.97 Å². The van der Waals surface area contributed by atoms with Crippen LogP contribution >= 0.6 is 11.3 Å². The first-order chi connectivity index (χ1) is 13.1. The minimum Gasteiger partial charge on any atom is -0.497 e. The van der Waals surface area contributed by atoms with Gasteiger partial charge in [-0.1, -0.05) is 6.07 Å². The van der Waals surface area contributed by atoms with Gasteiger partial charge in [0.05, 0.1) is 20.8 Å². The van der Waals surface area contributed by atoms with E-state index in [0.29, 0.717) is 17.9 Å². The topological polar surface area (TPSA) is 61.8 Å². The summed E-state index contributed by atoms with van der Waals surface area (Å²) in [6.45, 7) is 1.96. The maximum Gasteiger partial charge on any atom is 0.317 e. The summed E-state index contributed by atoms with van der Waals surface area (Å²) < 4.78 is 16.1. The summed E-state index contributed by atoms with van der Waals surface area (Å²) in [5.74, 6) is -0.751. The number of hydrogen-bond donors (Lipinski definition) is 0. The molecule has 0 radical (unpaired) electrons. The van der Waals surface area contributed by atoms with Crippen LogP contribution < -0.4 is 9.47 Å². The van der Waals surface area contributed by atoms with E-state index in [1.54, 1.807) is 50.7 Å². The Labute approximate surface area is 162 Å². The van der Waals surface area contributed by atoms with Crippen LogP contribution in [0.2, 0.25) is 0 Å². The van der Waals surface area contributed by atoms with Crippen molar-refractivity contribution in [1.82, 2.24) is 0 Å². The Morgan fingerprint density at radius 1 is 1.22 bits per heavy atom. The molecule has 1 aromatic carbocycles. The van der Waals surface area contributed by atoms with Crippen LogP contribution in [0, 0.1) is 5.92 Å². The molecule has 1 heterocycles. The van der Waals surface area contributed by atoms with Crippen molar-refractivity contribution in [3.05, 3.63) is 52.2 Å². The number of thiophene rings is 1. The molecule has 0 unspecified atom stereocenters. The van der Waals surface area contributed by atoms with Crippen LogP contribution in [0.5, 0.6) is 11.5 Å². The zero-order valence-electron chi connectivity index (χ0n) is 15.6. The molecule has 0 N–H and O–H groups in total. The molecule has 3 rings (SSSR count). The summed E-state index contributed by atoms with van der Waals surface area (Å²) in [6.07, 6.45) is 2.12. The number of methoxy groups -OCH3 is 2. The van der Waals surface area contributed by atoms with Crippen molar-refractivity contribution in [2.24, 2.45) is 5.92 Å². The molecule has 1 aliphatic carbocycles. The van der Waals surface area contributed by atoms with Gasteiger partial charge < -0.3 is 14.2 Å². The third-order valence-corrected chi connectivity index (χ3v) is 5.63. The molecule has 27 heavy (non-hydrogen) atoms. The van der Waals surface area contributed by atoms with Crippen molar-refractivity contribution in [3.8, 4) is 11.5 Å². The van der Waals surface area contributed by atoms with Gasteiger partial charge in [0, 0.05) is 16.4 Å². The van der Waals surface area contributed by atoms with E-state index < -0.39 is 11.9 Å². The standard InChI is InChI=1S/C21H22O5S/c1-4-26-21(23)20-16(15-12-14(24-2)7-8-18(15)25-3)10-13(11-17(20)22)19-6-5-9-27-19/h5-9,11-12,16,20H,4,10H2,1-3H3/t16-,20-/m1/s1. The summed E-state index contributed by atoms with van der Waals surface area (Å²) in [5, 5.41) is 1.97. The molecular weight excluding hydrogens is 364 g/mol. The Bertz CT molecular complexity index is 853. The second-order valence-corrected chi connectivity index (χ2v) is 7.15. The summed E-state index contributed by atoms with van der Waals surface area (Å²) in [7, 11) is 3.16. The van der Waals surface area contributed by atoms with E-state index in [2.05, 4.69) is 0 Å². The number of ketones is 1. The van der Waals surface area contributed by atoms with Gasteiger partial charge in [0.15, 0.2) is 5.78 Å². The molecule has 0 bridgehead atoms. The second kappa shape index (κ2) is 8.39. The zero-order valence-corrected chi connectivity index (χ0v) is 16.4. The Kier molecular flexibility index (Phi) is 5.96. The third kappa shape index (κ3) is 3.90. The van der Waals surface area contributed by atoms with E-state index >= 15 is 0 Å². The van der Waals surface area contributed by atoms with Gasteiger partial charge in [-0.15, -0.1) is 11.3 Å². The summed E-state index contributed by atoms with van der Waals surface area (Å²) >= 11 is 1.57. The SMILES string of the molecule is CCOC(=O)[C@H]1C(=O)C=C(c2cccs2)C[C@@H]1c1cc(OC)ccc1OC. The zero-order chi connectivity index (χ0) is 19.4. The van der Waals surface area contributed by atoms with Crippen molar-refractivity contribution in [2.45, 2.75) is 19.3 Å². The lowest BCUT2D eigenvalue weighted by Crippen LogP contribution is -2.34. The van der Waals surface area contributed by atoms with Gasteiger partial charge in [0.25, 0.3) is 0 Å². The smallest absolute Gasteiger partial charge is 0.317 e. The maximum absolute atomic E-state index is 12.9. The molecule has 0 saturated heterocycles. The molecule has 0 fully saturated rings. The number of carbonyl (C=O) groups is 2. The minimum atomic E-state index is -0.894. The van der Waals surface area contributed by atoms with Crippen molar-refractivity contribution < 1.29 is 23.8 Å². The van der Waals surface area contributed by atoms with E-state index in [1.165, 1.54) is 0 Å². The highest BCUT2D eigenvalue weighted by Gasteiger charge is 2.41. The molecule has 0 spiro atoms. The molecule has 142 valence electrons. The number of benzene rings is 1. The highest BCUT2D eigenvalue weighted by Crippen LogP contribution is 2.45. The number of carbonyl (C=O) groups excluding carboxylic acids is 2. The third-order valence-electron chi connectivity index (χ3n) is 4.68. The van der Waals surface area contributed by atoms with Crippen LogP contribution in [0.15, 0.2) is 41.8 Å². The Morgan fingerprint density at radius 3 is 2.67 bits per heavy atom. The molecule has 5 nitrogen and oxygen atoms in total. The fourth-order valence-corrected chi connectivity index (χ4v) is 4.19. The Morgan fingerprint density at radius 2 is 2.04 bits per heavy atom. The van der Waals surface area contributed by atoms with Crippen LogP contribution in [0.3, 0.4) is 0 Å². The monoisotopic (exact) mass is 386 g/mol. The number of esters is 1. The summed E-state index contributed by atoms with van der Waals surface area (Å²) in [6, 6.07) is 9.35. The first kappa shape index (κ1) is 19.2. The average molecular weight is 386 g/mol. The van der Waals surface area contributed by atoms with Crippen LogP contribution in [0.4, 0.5) is 0 Å². The van der Waals surface area contributed by atoms with E-state index in [1.807, 2.05) is 23.6 Å². The number of ether oxygens (including phenoxy) is 3. The van der Waals surface area contributed by atoms with Gasteiger partial charge in [-0.2, -0.15) is 0 Å².